The summed E-state index contributed by atoms with van der Waals surface area (Å²) in [6.45, 7) is 8.16. The van der Waals surface area contributed by atoms with Gasteiger partial charge in [0.25, 0.3) is 5.91 Å². The molecule has 0 aliphatic rings. The molecule has 2 aromatic heterocycles. The van der Waals surface area contributed by atoms with Gasteiger partial charge in [0.15, 0.2) is 0 Å². The Bertz CT molecular complexity index is 1170. The van der Waals surface area contributed by atoms with Crippen LogP contribution in [0.25, 0.3) is 15.9 Å². The zero-order chi connectivity index (χ0) is 19.1. The quantitative estimate of drug-likeness (QED) is 0.509. The number of hydrogen-bond donors (Lipinski definition) is 1. The number of hydrogen-bond acceptors (Lipinski definition) is 3. The minimum absolute atomic E-state index is 0.0878. The van der Waals surface area contributed by atoms with Gasteiger partial charge in [-0.15, -0.1) is 11.3 Å². The number of carbonyl (C=O) groups is 1. The predicted octanol–water partition coefficient (Wildman–Crippen LogP) is 5.57. The minimum Gasteiger partial charge on any atom is -0.321 e. The first-order valence-corrected chi connectivity index (χ1v) is 9.69. The Kier molecular flexibility index (Phi) is 4.32. The molecule has 0 spiro atoms. The second-order valence-corrected chi connectivity index (χ2v) is 7.90. The molecule has 2 aromatic carbocycles. The maximum atomic E-state index is 12.8. The van der Waals surface area contributed by atoms with Crippen LogP contribution in [0.4, 0.5) is 5.69 Å². The van der Waals surface area contributed by atoms with Crippen LogP contribution in [0.1, 0.15) is 32.1 Å². The Morgan fingerprint density at radius 3 is 2.48 bits per heavy atom. The van der Waals surface area contributed by atoms with Crippen LogP contribution in [0, 0.1) is 27.7 Å². The number of aryl methyl sites for hydroxylation is 4. The van der Waals surface area contributed by atoms with Crippen LogP contribution in [-0.4, -0.2) is 15.7 Å². The van der Waals surface area contributed by atoms with Gasteiger partial charge in [-0.25, -0.2) is 4.68 Å². The second kappa shape index (κ2) is 6.67. The van der Waals surface area contributed by atoms with Crippen LogP contribution in [0.2, 0.25) is 0 Å². The van der Waals surface area contributed by atoms with Gasteiger partial charge in [0.2, 0.25) is 0 Å². The molecule has 0 aliphatic heterocycles. The lowest BCUT2D eigenvalue weighted by Gasteiger charge is -2.07. The summed E-state index contributed by atoms with van der Waals surface area (Å²) in [5.41, 5.74) is 6.31. The van der Waals surface area contributed by atoms with E-state index in [1.54, 1.807) is 0 Å². The molecule has 136 valence electrons. The van der Waals surface area contributed by atoms with E-state index in [0.717, 1.165) is 38.4 Å². The molecule has 0 unspecified atom stereocenters. The molecular formula is C22H21N3OS. The maximum absolute atomic E-state index is 12.8. The first-order chi connectivity index (χ1) is 12.9. The van der Waals surface area contributed by atoms with Crippen LogP contribution < -0.4 is 5.32 Å². The standard InChI is InChI=1S/C22H21N3OS/c1-13-9-10-17(11-15(13)3)23-21(26)20-12-18-16(4)24-25(22(18)27-20)19-8-6-5-7-14(19)2/h5-12H,1-4H3,(H,23,26). The molecule has 4 rings (SSSR count). The number of amides is 1. The van der Waals surface area contributed by atoms with E-state index in [0.29, 0.717) is 4.88 Å². The summed E-state index contributed by atoms with van der Waals surface area (Å²) in [4.78, 5) is 14.5. The van der Waals surface area contributed by atoms with Crippen LogP contribution in [0.15, 0.2) is 48.5 Å². The molecule has 0 fully saturated rings. The highest BCUT2D eigenvalue weighted by molar-refractivity contribution is 7.20. The van der Waals surface area contributed by atoms with Crippen LogP contribution in [0.3, 0.4) is 0 Å². The number of fused-ring (bicyclic) bond motifs is 1. The molecule has 4 nitrogen and oxygen atoms in total. The van der Waals surface area contributed by atoms with E-state index in [2.05, 4.69) is 36.4 Å². The fraction of sp³-hybridized carbons (Fsp3) is 0.182. The zero-order valence-electron chi connectivity index (χ0n) is 15.8. The average Bonchev–Trinajstić information content (AvgIpc) is 3.20. The summed E-state index contributed by atoms with van der Waals surface area (Å²) in [5.74, 6) is -0.0878. The number of para-hydroxylation sites is 1. The van der Waals surface area contributed by atoms with E-state index >= 15 is 0 Å². The van der Waals surface area contributed by atoms with Gasteiger partial charge in [0.1, 0.15) is 4.83 Å². The number of thiophene rings is 1. The molecule has 0 aliphatic carbocycles. The van der Waals surface area contributed by atoms with Gasteiger partial charge in [-0.2, -0.15) is 5.10 Å². The fourth-order valence-corrected chi connectivity index (χ4v) is 4.21. The summed E-state index contributed by atoms with van der Waals surface area (Å²) < 4.78 is 1.94. The molecule has 2 heterocycles. The molecule has 0 atom stereocenters. The highest BCUT2D eigenvalue weighted by Crippen LogP contribution is 2.31. The molecule has 27 heavy (non-hydrogen) atoms. The second-order valence-electron chi connectivity index (χ2n) is 6.87. The van der Waals surface area contributed by atoms with Crippen LogP contribution in [-0.2, 0) is 0 Å². The third kappa shape index (κ3) is 3.15. The van der Waals surface area contributed by atoms with Gasteiger partial charge >= 0.3 is 0 Å². The maximum Gasteiger partial charge on any atom is 0.265 e. The number of carbonyl (C=O) groups excluding carboxylic acids is 1. The first-order valence-electron chi connectivity index (χ1n) is 8.88. The Labute approximate surface area is 162 Å². The molecule has 0 radical (unpaired) electrons. The number of nitrogens with one attached hydrogen (secondary N) is 1. The molecule has 1 amide bonds. The van der Waals surface area contributed by atoms with Crippen molar-refractivity contribution >= 4 is 33.1 Å². The van der Waals surface area contributed by atoms with E-state index < -0.39 is 0 Å². The Morgan fingerprint density at radius 2 is 1.74 bits per heavy atom. The lowest BCUT2D eigenvalue weighted by molar-refractivity contribution is 0.103. The summed E-state index contributed by atoms with van der Waals surface area (Å²) in [6.07, 6.45) is 0. The highest BCUT2D eigenvalue weighted by Gasteiger charge is 2.18. The normalized spacial score (nSPS) is 11.1. The number of anilines is 1. The molecule has 0 saturated heterocycles. The zero-order valence-corrected chi connectivity index (χ0v) is 16.6. The summed E-state index contributed by atoms with van der Waals surface area (Å²) in [6, 6.07) is 16.0. The molecule has 0 saturated carbocycles. The number of aromatic nitrogens is 2. The van der Waals surface area contributed by atoms with Crippen molar-refractivity contribution in [2.45, 2.75) is 27.7 Å². The van der Waals surface area contributed by atoms with Crippen molar-refractivity contribution < 1.29 is 4.79 Å². The van der Waals surface area contributed by atoms with E-state index in [4.69, 9.17) is 0 Å². The van der Waals surface area contributed by atoms with Gasteiger partial charge in [0, 0.05) is 11.1 Å². The SMILES string of the molecule is Cc1ccc(NC(=O)c2cc3c(C)nn(-c4ccccc4C)c3s2)cc1C. The Morgan fingerprint density at radius 1 is 0.963 bits per heavy atom. The van der Waals surface area contributed by atoms with E-state index in [1.165, 1.54) is 16.9 Å². The van der Waals surface area contributed by atoms with Gasteiger partial charge in [-0.3, -0.25) is 4.79 Å². The summed E-state index contributed by atoms with van der Waals surface area (Å²) in [7, 11) is 0. The van der Waals surface area contributed by atoms with Crippen molar-refractivity contribution in [1.82, 2.24) is 9.78 Å². The lowest BCUT2D eigenvalue weighted by Crippen LogP contribution is -2.10. The van der Waals surface area contributed by atoms with E-state index in [9.17, 15) is 4.79 Å². The third-order valence-electron chi connectivity index (χ3n) is 4.88. The van der Waals surface area contributed by atoms with E-state index in [-0.39, 0.29) is 5.91 Å². The van der Waals surface area contributed by atoms with Crippen LogP contribution in [0.5, 0.6) is 0 Å². The van der Waals surface area contributed by atoms with Gasteiger partial charge in [-0.05, 0) is 68.7 Å². The van der Waals surface area contributed by atoms with Crippen molar-refractivity contribution in [1.29, 1.82) is 0 Å². The fourth-order valence-electron chi connectivity index (χ4n) is 3.14. The molecule has 4 aromatic rings. The average molecular weight is 375 g/mol. The largest absolute Gasteiger partial charge is 0.321 e. The van der Waals surface area contributed by atoms with E-state index in [1.807, 2.05) is 54.9 Å². The molecule has 5 heteroatoms. The molecule has 1 N–H and O–H groups in total. The van der Waals surface area contributed by atoms with Crippen molar-refractivity contribution in [3.63, 3.8) is 0 Å². The monoisotopic (exact) mass is 375 g/mol. The number of benzene rings is 2. The lowest BCUT2D eigenvalue weighted by atomic mass is 10.1. The van der Waals surface area contributed by atoms with Crippen molar-refractivity contribution in [2.75, 3.05) is 5.32 Å². The highest BCUT2D eigenvalue weighted by atomic mass is 32.1. The van der Waals surface area contributed by atoms with Crippen molar-refractivity contribution in [3.8, 4) is 5.69 Å². The van der Waals surface area contributed by atoms with Crippen molar-refractivity contribution in [2.24, 2.45) is 0 Å². The molecule has 0 bridgehead atoms. The minimum atomic E-state index is -0.0878. The number of rotatable bonds is 3. The van der Waals surface area contributed by atoms with Crippen molar-refractivity contribution in [3.05, 3.63) is 75.8 Å². The van der Waals surface area contributed by atoms with Gasteiger partial charge in [0.05, 0.1) is 16.3 Å². The Hall–Kier alpha value is -2.92. The number of nitrogens with zero attached hydrogens (tertiary/aromatic N) is 2. The Balaban J connectivity index is 1.71. The first kappa shape index (κ1) is 17.5. The van der Waals surface area contributed by atoms with Gasteiger partial charge < -0.3 is 5.32 Å². The van der Waals surface area contributed by atoms with Gasteiger partial charge in [-0.1, -0.05) is 24.3 Å². The summed E-state index contributed by atoms with van der Waals surface area (Å²) >= 11 is 1.47. The third-order valence-corrected chi connectivity index (χ3v) is 5.99. The predicted molar refractivity (Wildman–Crippen MR) is 112 cm³/mol. The van der Waals surface area contributed by atoms with Crippen LogP contribution >= 0.6 is 11.3 Å². The smallest absolute Gasteiger partial charge is 0.265 e. The summed E-state index contributed by atoms with van der Waals surface area (Å²) in [5, 5.41) is 8.71. The molecular weight excluding hydrogens is 354 g/mol. The topological polar surface area (TPSA) is 46.9 Å².